The van der Waals surface area contributed by atoms with Gasteiger partial charge in [-0.3, -0.25) is 9.48 Å². The Balaban J connectivity index is 1.91. The molecule has 0 saturated carbocycles. The fourth-order valence-corrected chi connectivity index (χ4v) is 4.14. The third-order valence-electron chi connectivity index (χ3n) is 5.31. The van der Waals surface area contributed by atoms with Gasteiger partial charge in [-0.2, -0.15) is 5.10 Å². The van der Waals surface area contributed by atoms with Crippen LogP contribution in [-0.2, 0) is 16.1 Å². The van der Waals surface area contributed by atoms with Crippen LogP contribution >= 0.6 is 15.9 Å². The number of halogens is 1. The van der Waals surface area contributed by atoms with Gasteiger partial charge < -0.3 is 9.47 Å². The molecule has 0 aliphatic heterocycles. The number of aromatic nitrogens is 2. The Kier molecular flexibility index (Phi) is 8.13. The van der Waals surface area contributed by atoms with Crippen LogP contribution in [-0.4, -0.2) is 22.4 Å². The molecule has 1 heterocycles. The topological polar surface area (TPSA) is 53.4 Å². The summed E-state index contributed by atoms with van der Waals surface area (Å²) in [6.07, 6.45) is 2.72. The summed E-state index contributed by atoms with van der Waals surface area (Å²) in [6, 6.07) is 14.2. The number of hydrogen-bond acceptors (Lipinski definition) is 4. The van der Waals surface area contributed by atoms with Crippen molar-refractivity contribution in [2.45, 2.75) is 65.5 Å². The molecule has 0 aliphatic rings. The summed E-state index contributed by atoms with van der Waals surface area (Å²) in [5.41, 5.74) is 2.83. The minimum atomic E-state index is -0.324. The van der Waals surface area contributed by atoms with E-state index in [-0.39, 0.29) is 17.9 Å². The monoisotopic (exact) mass is 486 g/mol. The van der Waals surface area contributed by atoms with Crippen LogP contribution in [0.5, 0.6) is 5.75 Å². The zero-order valence-corrected chi connectivity index (χ0v) is 20.3. The van der Waals surface area contributed by atoms with Gasteiger partial charge in [-0.25, -0.2) is 0 Å². The molecule has 6 heteroatoms. The van der Waals surface area contributed by atoms with E-state index >= 15 is 0 Å². The van der Waals surface area contributed by atoms with Gasteiger partial charge in [0.25, 0.3) is 0 Å². The van der Waals surface area contributed by atoms with Crippen molar-refractivity contribution >= 4 is 32.8 Å². The predicted octanol–water partition coefficient (Wildman–Crippen LogP) is 6.80. The van der Waals surface area contributed by atoms with Crippen molar-refractivity contribution in [3.63, 3.8) is 0 Å². The summed E-state index contributed by atoms with van der Waals surface area (Å²) < 4.78 is 14.6. The smallest absolute Gasteiger partial charge is 0.313 e. The second-order valence-electron chi connectivity index (χ2n) is 7.92. The Hall–Kier alpha value is -2.34. The molecule has 0 spiro atoms. The van der Waals surface area contributed by atoms with E-state index in [2.05, 4.69) is 48.8 Å². The van der Waals surface area contributed by atoms with Crippen LogP contribution in [0.15, 0.2) is 46.9 Å². The Morgan fingerprint density at radius 3 is 2.65 bits per heavy atom. The lowest BCUT2D eigenvalue weighted by molar-refractivity contribution is -0.145. The van der Waals surface area contributed by atoms with E-state index in [1.807, 2.05) is 41.9 Å². The van der Waals surface area contributed by atoms with Gasteiger partial charge in [0.1, 0.15) is 18.1 Å². The highest BCUT2D eigenvalue weighted by atomic mass is 79.9. The van der Waals surface area contributed by atoms with E-state index in [1.54, 1.807) is 0 Å². The van der Waals surface area contributed by atoms with Gasteiger partial charge in [0.2, 0.25) is 0 Å². The first-order chi connectivity index (χ1) is 15.0. The first kappa shape index (κ1) is 23.3. The van der Waals surface area contributed by atoms with Crippen LogP contribution in [0.2, 0.25) is 0 Å². The molecule has 0 N–H and O–H groups in total. The highest BCUT2D eigenvalue weighted by molar-refractivity contribution is 9.10. The fraction of sp³-hybridized carbons (Fsp3) is 0.440. The molecule has 0 saturated heterocycles. The third kappa shape index (κ3) is 5.48. The second kappa shape index (κ2) is 10.8. The molecule has 1 atom stereocenters. The zero-order valence-electron chi connectivity index (χ0n) is 18.7. The minimum absolute atomic E-state index is 0.189. The normalized spacial score (nSPS) is 12.3. The summed E-state index contributed by atoms with van der Waals surface area (Å²) in [6.45, 7) is 8.90. The summed E-state index contributed by atoms with van der Waals surface area (Å²) in [5, 5.41) is 5.88. The molecular weight excluding hydrogens is 456 g/mol. The third-order valence-corrected chi connectivity index (χ3v) is 5.80. The van der Waals surface area contributed by atoms with E-state index in [9.17, 15) is 4.79 Å². The predicted molar refractivity (Wildman–Crippen MR) is 127 cm³/mol. The molecule has 2 aromatic carbocycles. The SMILES string of the molecule is CCCCC(C(=O)OCC)c1ccccc1OCc1nn(C(C)C)c2ccc(Br)cc12. The maximum absolute atomic E-state index is 12.7. The number of carbonyl (C=O) groups is 1. The molecule has 0 aliphatic carbocycles. The minimum Gasteiger partial charge on any atom is -0.487 e. The van der Waals surface area contributed by atoms with Crippen molar-refractivity contribution in [2.24, 2.45) is 0 Å². The van der Waals surface area contributed by atoms with Crippen molar-refractivity contribution < 1.29 is 14.3 Å². The Morgan fingerprint density at radius 2 is 1.94 bits per heavy atom. The molecule has 1 unspecified atom stereocenters. The van der Waals surface area contributed by atoms with Gasteiger partial charge in [0, 0.05) is 21.5 Å². The first-order valence-corrected chi connectivity index (χ1v) is 11.8. The van der Waals surface area contributed by atoms with Gasteiger partial charge in [-0.05, 0) is 51.5 Å². The Bertz CT molecular complexity index is 1030. The zero-order chi connectivity index (χ0) is 22.4. The standard InChI is InChI=1S/C25H31BrN2O3/c1-5-7-10-20(25(29)30-6-2)19-11-8-9-12-24(19)31-16-22-21-15-18(26)13-14-23(21)28(27-22)17(3)4/h8-9,11-15,17,20H,5-7,10,16H2,1-4H3. The lowest BCUT2D eigenvalue weighted by Crippen LogP contribution is -2.17. The fourth-order valence-electron chi connectivity index (χ4n) is 3.77. The number of rotatable bonds is 10. The summed E-state index contributed by atoms with van der Waals surface area (Å²) in [4.78, 5) is 12.7. The molecule has 0 amide bonds. The van der Waals surface area contributed by atoms with Gasteiger partial charge >= 0.3 is 5.97 Å². The first-order valence-electron chi connectivity index (χ1n) is 11.0. The lowest BCUT2D eigenvalue weighted by Gasteiger charge is -2.19. The Labute approximate surface area is 192 Å². The molecule has 3 aromatic rings. The summed E-state index contributed by atoms with van der Waals surface area (Å²) in [5.74, 6) is 0.194. The van der Waals surface area contributed by atoms with Crippen LogP contribution in [0.3, 0.4) is 0 Å². The summed E-state index contributed by atoms with van der Waals surface area (Å²) >= 11 is 3.57. The van der Waals surface area contributed by atoms with Gasteiger partial charge in [0.05, 0.1) is 18.0 Å². The van der Waals surface area contributed by atoms with E-state index in [1.165, 1.54) is 0 Å². The number of esters is 1. The van der Waals surface area contributed by atoms with Crippen molar-refractivity contribution in [3.8, 4) is 5.75 Å². The van der Waals surface area contributed by atoms with Gasteiger partial charge in [-0.1, -0.05) is 53.9 Å². The number of para-hydroxylation sites is 1. The molecular formula is C25H31BrN2O3. The van der Waals surface area contributed by atoms with E-state index in [4.69, 9.17) is 14.6 Å². The molecule has 0 fully saturated rings. The average Bonchev–Trinajstić information content (AvgIpc) is 3.11. The number of unbranched alkanes of at least 4 members (excludes halogenated alkanes) is 1. The van der Waals surface area contributed by atoms with E-state index in [0.29, 0.717) is 19.0 Å². The molecule has 1 aromatic heterocycles. The highest BCUT2D eigenvalue weighted by Crippen LogP contribution is 2.33. The lowest BCUT2D eigenvalue weighted by atomic mass is 9.93. The van der Waals surface area contributed by atoms with E-state index in [0.717, 1.165) is 45.9 Å². The van der Waals surface area contributed by atoms with Crippen molar-refractivity contribution in [1.29, 1.82) is 0 Å². The maximum Gasteiger partial charge on any atom is 0.313 e. The number of ether oxygens (including phenoxy) is 2. The molecule has 0 bridgehead atoms. The molecule has 31 heavy (non-hydrogen) atoms. The van der Waals surface area contributed by atoms with E-state index < -0.39 is 0 Å². The second-order valence-corrected chi connectivity index (χ2v) is 8.84. The number of carbonyl (C=O) groups excluding carboxylic acids is 1. The summed E-state index contributed by atoms with van der Waals surface area (Å²) in [7, 11) is 0. The quantitative estimate of drug-likeness (QED) is 0.295. The van der Waals surface area contributed by atoms with Gasteiger partial charge in [0.15, 0.2) is 0 Å². The van der Waals surface area contributed by atoms with Crippen molar-refractivity contribution in [1.82, 2.24) is 9.78 Å². The van der Waals surface area contributed by atoms with Crippen LogP contribution in [0, 0.1) is 0 Å². The molecule has 3 rings (SSSR count). The molecule has 0 radical (unpaired) electrons. The molecule has 166 valence electrons. The largest absolute Gasteiger partial charge is 0.487 e. The highest BCUT2D eigenvalue weighted by Gasteiger charge is 2.25. The van der Waals surface area contributed by atoms with Crippen LogP contribution in [0.4, 0.5) is 0 Å². The van der Waals surface area contributed by atoms with Crippen LogP contribution in [0.1, 0.15) is 70.2 Å². The number of hydrogen-bond donors (Lipinski definition) is 0. The molecule has 5 nitrogen and oxygen atoms in total. The number of benzene rings is 2. The Morgan fingerprint density at radius 1 is 1.16 bits per heavy atom. The van der Waals surface area contributed by atoms with Gasteiger partial charge in [-0.15, -0.1) is 0 Å². The number of nitrogens with zero attached hydrogens (tertiary/aromatic N) is 2. The average molecular weight is 487 g/mol. The number of fused-ring (bicyclic) bond motifs is 1. The van der Waals surface area contributed by atoms with Crippen LogP contribution in [0.25, 0.3) is 10.9 Å². The van der Waals surface area contributed by atoms with Crippen LogP contribution < -0.4 is 4.74 Å². The van der Waals surface area contributed by atoms with Crippen molar-refractivity contribution in [2.75, 3.05) is 6.61 Å². The van der Waals surface area contributed by atoms with Crippen molar-refractivity contribution in [3.05, 3.63) is 58.2 Å². The maximum atomic E-state index is 12.7.